The quantitative estimate of drug-likeness (QED) is 0.587. The van der Waals surface area contributed by atoms with Crippen molar-refractivity contribution in [1.82, 2.24) is 9.62 Å². The van der Waals surface area contributed by atoms with Gasteiger partial charge in [0.1, 0.15) is 5.75 Å². The number of esters is 1. The fourth-order valence-corrected chi connectivity index (χ4v) is 3.63. The monoisotopic (exact) mass is 414 g/mol. The minimum atomic E-state index is -3.74. The molecule has 1 heterocycles. The number of rotatable bonds is 9. The number of nitrogens with zero attached hydrogens (tertiary/aromatic N) is 1. The fraction of sp³-hybridized carbons (Fsp3) is 0.556. The van der Waals surface area contributed by atoms with Crippen LogP contribution < -0.4 is 9.46 Å². The molecule has 10 heteroatoms. The first-order chi connectivity index (χ1) is 13.3. The molecule has 1 aliphatic heterocycles. The van der Waals surface area contributed by atoms with Gasteiger partial charge in [-0.2, -0.15) is 0 Å². The van der Waals surface area contributed by atoms with Gasteiger partial charge in [-0.3, -0.25) is 9.59 Å². The summed E-state index contributed by atoms with van der Waals surface area (Å²) in [6.45, 7) is 5.06. The largest absolute Gasteiger partial charge is 0.494 e. The summed E-state index contributed by atoms with van der Waals surface area (Å²) in [5.41, 5.74) is 0. The minimum absolute atomic E-state index is 0.0505. The molecule has 1 N–H and O–H groups in total. The Morgan fingerprint density at radius 3 is 2.64 bits per heavy atom. The average Bonchev–Trinajstić information content (AvgIpc) is 2.66. The molecular weight excluding hydrogens is 388 g/mol. The summed E-state index contributed by atoms with van der Waals surface area (Å²) in [6, 6.07) is 5.97. The summed E-state index contributed by atoms with van der Waals surface area (Å²) in [5.74, 6) is -0.369. The number of ether oxygens (including phenoxy) is 3. The summed E-state index contributed by atoms with van der Waals surface area (Å²) in [7, 11) is -3.74. The van der Waals surface area contributed by atoms with Crippen LogP contribution in [0.15, 0.2) is 29.2 Å². The second-order valence-electron chi connectivity index (χ2n) is 6.23. The molecule has 1 aromatic rings. The van der Waals surface area contributed by atoms with Gasteiger partial charge >= 0.3 is 5.97 Å². The van der Waals surface area contributed by atoms with Crippen LogP contribution in [0.3, 0.4) is 0 Å². The third-order valence-corrected chi connectivity index (χ3v) is 5.49. The Balaban J connectivity index is 1.72. The molecule has 28 heavy (non-hydrogen) atoms. The van der Waals surface area contributed by atoms with Crippen LogP contribution in [0.5, 0.6) is 5.75 Å². The lowest BCUT2D eigenvalue weighted by Gasteiger charge is -2.30. The number of carbonyl (C=O) groups excluding carboxylic acids is 2. The van der Waals surface area contributed by atoms with Crippen molar-refractivity contribution >= 4 is 21.9 Å². The number of nitrogens with one attached hydrogen (secondary N) is 1. The van der Waals surface area contributed by atoms with Crippen molar-refractivity contribution in [2.24, 2.45) is 0 Å². The van der Waals surface area contributed by atoms with Gasteiger partial charge in [0.2, 0.25) is 10.0 Å². The molecule has 2 rings (SSSR count). The Labute approximate surface area is 165 Å². The van der Waals surface area contributed by atoms with Gasteiger partial charge in [-0.1, -0.05) is 0 Å². The van der Waals surface area contributed by atoms with Crippen LogP contribution in [0.1, 0.15) is 20.3 Å². The highest BCUT2D eigenvalue weighted by molar-refractivity contribution is 7.89. The van der Waals surface area contributed by atoms with Crippen molar-refractivity contribution in [3.05, 3.63) is 24.3 Å². The molecule has 0 bridgehead atoms. The maximum Gasteiger partial charge on any atom is 0.307 e. The van der Waals surface area contributed by atoms with Crippen LogP contribution in [-0.4, -0.2) is 70.8 Å². The smallest absolute Gasteiger partial charge is 0.307 e. The number of hydrogen-bond donors (Lipinski definition) is 1. The van der Waals surface area contributed by atoms with E-state index in [-0.39, 0.29) is 36.5 Å². The zero-order chi connectivity index (χ0) is 20.6. The van der Waals surface area contributed by atoms with Gasteiger partial charge < -0.3 is 19.1 Å². The third-order valence-electron chi connectivity index (χ3n) is 4.02. The van der Waals surface area contributed by atoms with Gasteiger partial charge in [0.15, 0.2) is 6.61 Å². The van der Waals surface area contributed by atoms with E-state index in [4.69, 9.17) is 14.2 Å². The summed E-state index contributed by atoms with van der Waals surface area (Å²) in [6.07, 6.45) is -0.228. The van der Waals surface area contributed by atoms with E-state index in [1.165, 1.54) is 12.1 Å². The van der Waals surface area contributed by atoms with E-state index in [0.717, 1.165) is 0 Å². The first kappa shape index (κ1) is 22.1. The molecule has 1 aromatic carbocycles. The minimum Gasteiger partial charge on any atom is -0.494 e. The van der Waals surface area contributed by atoms with Crippen LogP contribution >= 0.6 is 0 Å². The second-order valence-corrected chi connectivity index (χ2v) is 8.00. The molecule has 9 nitrogen and oxygen atoms in total. The zero-order valence-corrected chi connectivity index (χ0v) is 16.9. The van der Waals surface area contributed by atoms with Crippen molar-refractivity contribution in [3.63, 3.8) is 0 Å². The van der Waals surface area contributed by atoms with Crippen LogP contribution in [0, 0.1) is 0 Å². The lowest BCUT2D eigenvalue weighted by molar-refractivity contribution is -0.154. The molecule has 1 atom stereocenters. The van der Waals surface area contributed by atoms with E-state index in [9.17, 15) is 18.0 Å². The van der Waals surface area contributed by atoms with Crippen molar-refractivity contribution in [2.45, 2.75) is 31.3 Å². The van der Waals surface area contributed by atoms with Gasteiger partial charge in [0.25, 0.3) is 5.91 Å². The number of amides is 1. The molecule has 156 valence electrons. The van der Waals surface area contributed by atoms with Crippen LogP contribution in [0.2, 0.25) is 0 Å². The van der Waals surface area contributed by atoms with Crippen molar-refractivity contribution in [1.29, 1.82) is 0 Å². The molecular formula is C18H26N2O7S. The number of benzene rings is 1. The van der Waals surface area contributed by atoms with Crippen LogP contribution in [0.25, 0.3) is 0 Å². The first-order valence-corrected chi connectivity index (χ1v) is 10.6. The summed E-state index contributed by atoms with van der Waals surface area (Å²) in [4.78, 5) is 25.4. The molecule has 1 unspecified atom stereocenters. The lowest BCUT2D eigenvalue weighted by Crippen LogP contribution is -2.46. The van der Waals surface area contributed by atoms with E-state index >= 15 is 0 Å². The molecule has 1 saturated heterocycles. The Morgan fingerprint density at radius 1 is 1.29 bits per heavy atom. The van der Waals surface area contributed by atoms with Gasteiger partial charge in [-0.15, -0.1) is 0 Å². The van der Waals surface area contributed by atoms with E-state index in [0.29, 0.717) is 32.1 Å². The highest BCUT2D eigenvalue weighted by Crippen LogP contribution is 2.15. The molecule has 1 aliphatic rings. The Hall–Kier alpha value is -2.17. The van der Waals surface area contributed by atoms with Gasteiger partial charge in [0.05, 0.1) is 30.6 Å². The van der Waals surface area contributed by atoms with Crippen molar-refractivity contribution in [3.8, 4) is 5.75 Å². The predicted octanol–water partition coefficient (Wildman–Crippen LogP) is 0.544. The van der Waals surface area contributed by atoms with Gasteiger partial charge in [0, 0.05) is 19.6 Å². The summed E-state index contributed by atoms with van der Waals surface area (Å²) >= 11 is 0. The summed E-state index contributed by atoms with van der Waals surface area (Å²) < 4.78 is 42.3. The fourth-order valence-electron chi connectivity index (χ4n) is 2.60. The maximum atomic E-state index is 12.2. The highest BCUT2D eigenvalue weighted by atomic mass is 32.2. The Bertz CT molecular complexity index is 765. The normalized spacial score (nSPS) is 17.2. The molecule has 1 amide bonds. The number of morpholine rings is 1. The average molecular weight is 414 g/mol. The second kappa shape index (κ2) is 10.4. The highest BCUT2D eigenvalue weighted by Gasteiger charge is 2.22. The van der Waals surface area contributed by atoms with E-state index in [1.54, 1.807) is 17.0 Å². The first-order valence-electron chi connectivity index (χ1n) is 9.09. The number of carbonyl (C=O) groups is 2. The van der Waals surface area contributed by atoms with Gasteiger partial charge in [-0.25, -0.2) is 13.1 Å². The van der Waals surface area contributed by atoms with E-state index < -0.39 is 16.0 Å². The van der Waals surface area contributed by atoms with Crippen molar-refractivity contribution in [2.75, 3.05) is 39.5 Å². The van der Waals surface area contributed by atoms with E-state index in [2.05, 4.69) is 4.72 Å². The summed E-state index contributed by atoms with van der Waals surface area (Å²) in [5, 5.41) is 0. The van der Waals surface area contributed by atoms with E-state index in [1.807, 2.05) is 13.8 Å². The zero-order valence-electron chi connectivity index (χ0n) is 16.0. The molecule has 1 fully saturated rings. The number of sulfonamides is 1. The van der Waals surface area contributed by atoms with Gasteiger partial charge in [-0.05, 0) is 38.1 Å². The van der Waals surface area contributed by atoms with Crippen LogP contribution in [0.4, 0.5) is 0 Å². The Kier molecular flexibility index (Phi) is 8.21. The molecule has 0 aliphatic carbocycles. The molecule has 0 spiro atoms. The molecule has 0 aromatic heterocycles. The Morgan fingerprint density at radius 2 is 2.00 bits per heavy atom. The number of hydrogen-bond acceptors (Lipinski definition) is 7. The third kappa shape index (κ3) is 6.77. The lowest BCUT2D eigenvalue weighted by atomic mass is 10.3. The maximum absolute atomic E-state index is 12.2. The van der Waals surface area contributed by atoms with Crippen LogP contribution in [-0.2, 0) is 29.1 Å². The molecule has 0 radical (unpaired) electrons. The molecule has 0 saturated carbocycles. The topological polar surface area (TPSA) is 111 Å². The standard InChI is InChI=1S/C18H26N2O7S/c1-3-25-15-4-6-16(7-5-15)28(23,24)19-9-8-18(22)27-13-17(21)20-10-11-26-14(2)12-20/h4-7,14,19H,3,8-13H2,1-2H3. The van der Waals surface area contributed by atoms with Crippen molar-refractivity contribution < 1.29 is 32.2 Å². The predicted molar refractivity (Wildman–Crippen MR) is 100 cm³/mol. The SMILES string of the molecule is CCOc1ccc(S(=O)(=O)NCCC(=O)OCC(=O)N2CCOC(C)C2)cc1.